The smallest absolute Gasteiger partial charge is 0.259 e. The fourth-order valence-electron chi connectivity index (χ4n) is 13.1. The molecule has 2 amide bonds. The molecule has 9 atom stereocenters. The predicted octanol–water partition coefficient (Wildman–Crippen LogP) is 11.2. The number of aliphatic hydroxyl groups excluding tert-OH is 1. The second-order valence-corrected chi connectivity index (χ2v) is 29.2. The van der Waals surface area contributed by atoms with Gasteiger partial charge in [-0.25, -0.2) is 50.5 Å². The van der Waals surface area contributed by atoms with E-state index in [9.17, 15) is 19.3 Å². The number of benzene rings is 2. The van der Waals surface area contributed by atoms with Gasteiger partial charge in [-0.2, -0.15) is 5.26 Å². The van der Waals surface area contributed by atoms with Crippen LogP contribution in [0.1, 0.15) is 149 Å². The van der Waals surface area contributed by atoms with E-state index < -0.39 is 39.6 Å². The third kappa shape index (κ3) is 15.4. The number of rotatable bonds is 24. The second kappa shape index (κ2) is 31.1. The minimum Gasteiger partial charge on any atom is -0.393 e. The Kier molecular flexibility index (Phi) is 24.1. The van der Waals surface area contributed by atoms with E-state index in [0.717, 1.165) is 0 Å². The first-order chi connectivity index (χ1) is 43.5. The van der Waals surface area contributed by atoms with E-state index in [4.69, 9.17) is 39.8 Å². The molecule has 4 aromatic heterocycles. The largest absolute Gasteiger partial charge is 0.393 e. The molecule has 25 nitrogen and oxygen atoms in total. The van der Waals surface area contributed by atoms with Gasteiger partial charge < -0.3 is 48.6 Å². The number of carbonyl (C=O) groups is 2. The average molecular weight is 1290 g/mol. The number of hydrogen-bond donors (Lipinski definition) is 3. The van der Waals surface area contributed by atoms with E-state index in [1.807, 2.05) is 35.8 Å². The summed E-state index contributed by atoms with van der Waals surface area (Å²) in [5.74, 6) is 0.143. The van der Waals surface area contributed by atoms with E-state index in [0.29, 0.717) is 96.9 Å². The first kappa shape index (κ1) is 70.6. The Bertz CT molecular complexity index is 3460. The molecule has 0 radical (unpaired) electrons. The molecule has 4 aliphatic heterocycles. The monoisotopic (exact) mass is 1290 g/mol. The van der Waals surface area contributed by atoms with Gasteiger partial charge >= 0.3 is 0 Å². The standard InChI is InChI=1S/C29H38N7O5P.C20H21N5O4.C15H32N3OP/c1-19(2)36(20(3)4)42(39-15-13-30-6)40-16-29-12-14-38-24(21(29)5)28(41-29)35-18-33-23-25(31-17-32-26(23)35)34-27(37)22-10-8-7-9-11-22;1-12-15-19(29-20(12,9-26)7-8-28-15)25-11-23-14-16(21-10-22-17(14)25)24-18(27)13-5-3-2-4-6-13;1-12(2)17(13(3)4)20(19,11-9-10-16)18(14(5)6)15(7)8/h7-11,17-21,24,28H,12-16H2,1-5H3,(H,31,32,34,37);2-6,10-12,15,19,26H,7-9H2,1H3,(H,21,22,24,27);12-15H,9,11H2,1-8H3/t21-,24+,28+,29+,42?;12-,15+,19+,20+;/m00./s1. The fraction of sp³-hybridized carbons (Fsp3) is 0.594. The van der Waals surface area contributed by atoms with Gasteiger partial charge in [0.05, 0.1) is 45.2 Å². The number of ether oxygens (including phenoxy) is 4. The SMILES string of the molecule is CC(C)N(C(C)C)P(=O)(CCC#N)N(C(C)C)C(C)C.C[C@H]1[C@H]2OCC[C@]1(CO)O[C@H]2n1cnc2c(NC(=O)c3ccccc3)ncnc21.[C-]#[N+]CCOP(OC[C@@]12CCO[C@@H]([C@H](n3cnc4c(NC(=O)c5ccccc5)ncnc43)O1)[C@@H]2C)N(C(C)C)C(C)C. The average Bonchev–Trinajstić information content (AvgIpc) is 1.80. The zero-order valence-electron chi connectivity index (χ0n) is 54.9. The summed E-state index contributed by atoms with van der Waals surface area (Å²) >= 11 is 0. The molecule has 4 fully saturated rings. The predicted molar refractivity (Wildman–Crippen MR) is 349 cm³/mol. The summed E-state index contributed by atoms with van der Waals surface area (Å²) in [6.07, 6.45) is 6.72. The minimum atomic E-state index is -2.74. The van der Waals surface area contributed by atoms with Crippen LogP contribution in [0.15, 0.2) is 86.0 Å². The van der Waals surface area contributed by atoms with Crippen molar-refractivity contribution in [3.05, 3.63) is 109 Å². The highest BCUT2D eigenvalue weighted by atomic mass is 31.2. The van der Waals surface area contributed by atoms with Gasteiger partial charge in [0.25, 0.3) is 20.3 Å². The van der Waals surface area contributed by atoms with Crippen LogP contribution >= 0.6 is 16.0 Å². The van der Waals surface area contributed by atoms with Crippen LogP contribution in [0.2, 0.25) is 0 Å². The Balaban J connectivity index is 0.000000189. The number of nitrogens with one attached hydrogen (secondary N) is 2. The topological polar surface area (TPSA) is 276 Å². The number of nitrogens with zero attached hydrogens (tertiary/aromatic N) is 13. The van der Waals surface area contributed by atoms with Crippen LogP contribution < -0.4 is 10.6 Å². The maximum Gasteiger partial charge on any atom is 0.259 e. The first-order valence-corrected chi connectivity index (χ1v) is 34.4. The lowest BCUT2D eigenvalue weighted by Gasteiger charge is -2.46. The molecule has 91 heavy (non-hydrogen) atoms. The van der Waals surface area contributed by atoms with Crippen LogP contribution in [-0.2, 0) is 32.6 Å². The van der Waals surface area contributed by atoms with Gasteiger partial charge in [0.15, 0.2) is 46.4 Å². The maximum atomic E-state index is 13.8. The molecule has 6 aromatic rings. The normalized spacial score (nSPS) is 23.3. The first-order valence-electron chi connectivity index (χ1n) is 31.5. The number of anilines is 2. The van der Waals surface area contributed by atoms with Gasteiger partial charge in [-0.05, 0) is 107 Å². The number of carbonyl (C=O) groups excluding carboxylic acids is 2. The fourth-order valence-corrected chi connectivity index (χ4v) is 18.7. The van der Waals surface area contributed by atoms with E-state index in [1.54, 1.807) is 53.6 Å². The molecule has 0 aliphatic carbocycles. The molecule has 4 bridgehead atoms. The highest BCUT2D eigenvalue weighted by Crippen LogP contribution is 2.58. The Morgan fingerprint density at radius 2 is 1.14 bits per heavy atom. The van der Waals surface area contributed by atoms with Gasteiger partial charge in [-0.15, -0.1) is 0 Å². The zero-order chi connectivity index (χ0) is 66.0. The molecule has 4 saturated heterocycles. The molecular formula is C64H91N15O10P2. The molecule has 2 aromatic carbocycles. The summed E-state index contributed by atoms with van der Waals surface area (Å²) in [5.41, 5.74) is 1.81. The second-order valence-electron chi connectivity index (χ2n) is 25.0. The minimum absolute atomic E-state index is 0.0134. The molecule has 492 valence electrons. The van der Waals surface area contributed by atoms with Crippen molar-refractivity contribution < 1.29 is 47.3 Å². The van der Waals surface area contributed by atoms with Crippen LogP contribution in [0.25, 0.3) is 27.2 Å². The quantitative estimate of drug-likeness (QED) is 0.0288. The number of amides is 2. The van der Waals surface area contributed by atoms with Gasteiger partial charge in [0.1, 0.15) is 42.7 Å². The molecule has 0 saturated carbocycles. The number of hydrogen-bond acceptors (Lipinski definition) is 18. The lowest BCUT2D eigenvalue weighted by atomic mass is 9.83. The molecule has 1 unspecified atom stereocenters. The van der Waals surface area contributed by atoms with E-state index in [1.165, 1.54) is 12.7 Å². The number of nitriles is 1. The van der Waals surface area contributed by atoms with Gasteiger partial charge in [0, 0.05) is 84.6 Å². The van der Waals surface area contributed by atoms with Crippen LogP contribution in [-0.4, -0.2) is 175 Å². The van der Waals surface area contributed by atoms with Crippen molar-refractivity contribution in [2.24, 2.45) is 11.8 Å². The Morgan fingerprint density at radius 1 is 0.703 bits per heavy atom. The molecule has 10 rings (SSSR count). The van der Waals surface area contributed by atoms with Crippen molar-refractivity contribution in [1.29, 1.82) is 5.26 Å². The summed E-state index contributed by atoms with van der Waals surface area (Å²) < 4.78 is 61.9. The number of aromatic nitrogens is 8. The summed E-state index contributed by atoms with van der Waals surface area (Å²) in [6.45, 7) is 38.3. The van der Waals surface area contributed by atoms with Crippen molar-refractivity contribution >= 4 is 61.7 Å². The molecule has 4 aliphatic rings. The van der Waals surface area contributed by atoms with E-state index in [-0.39, 0.29) is 85.3 Å². The maximum absolute atomic E-state index is 13.8. The van der Waals surface area contributed by atoms with Gasteiger partial charge in [-0.1, -0.05) is 50.2 Å². The number of aliphatic hydroxyl groups is 1. The summed E-state index contributed by atoms with van der Waals surface area (Å²) in [7, 11) is -4.14. The van der Waals surface area contributed by atoms with Crippen molar-refractivity contribution in [3.8, 4) is 6.07 Å². The van der Waals surface area contributed by atoms with E-state index in [2.05, 4.69) is 155 Å². The Morgan fingerprint density at radius 3 is 1.55 bits per heavy atom. The van der Waals surface area contributed by atoms with Crippen molar-refractivity contribution in [1.82, 2.24) is 53.0 Å². The van der Waals surface area contributed by atoms with Crippen LogP contribution in [0.4, 0.5) is 11.6 Å². The van der Waals surface area contributed by atoms with E-state index >= 15 is 0 Å². The summed E-state index contributed by atoms with van der Waals surface area (Å²) in [5, 5.41) is 24.5. The Hall–Kier alpha value is -6.28. The highest BCUT2D eigenvalue weighted by molar-refractivity contribution is 7.59. The van der Waals surface area contributed by atoms with Crippen molar-refractivity contribution in [2.45, 2.75) is 188 Å². The summed E-state index contributed by atoms with van der Waals surface area (Å²) in [4.78, 5) is 55.1. The van der Waals surface area contributed by atoms with Crippen LogP contribution in [0.5, 0.6) is 0 Å². The Labute approximate surface area is 536 Å². The molecule has 3 N–H and O–H groups in total. The van der Waals surface area contributed by atoms with Crippen molar-refractivity contribution in [2.75, 3.05) is 56.4 Å². The van der Waals surface area contributed by atoms with Crippen LogP contribution in [0, 0.1) is 29.7 Å². The molecule has 8 heterocycles. The molecule has 0 spiro atoms. The zero-order valence-corrected chi connectivity index (χ0v) is 56.7. The number of fused-ring (bicyclic) bond motifs is 6. The molecule has 27 heteroatoms. The highest BCUT2D eigenvalue weighted by Gasteiger charge is 2.59. The van der Waals surface area contributed by atoms with Crippen LogP contribution in [0.3, 0.4) is 0 Å². The molecular weight excluding hydrogens is 1200 g/mol. The third-order valence-electron chi connectivity index (χ3n) is 17.1. The van der Waals surface area contributed by atoms with Gasteiger partial charge in [-0.3, -0.25) is 23.3 Å². The lowest BCUT2D eigenvalue weighted by Crippen LogP contribution is -2.46. The van der Waals surface area contributed by atoms with Gasteiger partial charge in [0.2, 0.25) is 14.0 Å². The number of imidazole rings is 2. The van der Waals surface area contributed by atoms with Crippen molar-refractivity contribution in [3.63, 3.8) is 0 Å². The third-order valence-corrected chi connectivity index (χ3v) is 23.2. The summed E-state index contributed by atoms with van der Waals surface area (Å²) in [6, 6.07) is 21.2. The lowest BCUT2D eigenvalue weighted by molar-refractivity contribution is -0.112.